The minimum Gasteiger partial charge on any atom is -0.492 e. The molecular weight excluding hydrogens is 288 g/mol. The van der Waals surface area contributed by atoms with Crippen LogP contribution in [0.4, 0.5) is 0 Å². The predicted molar refractivity (Wildman–Crippen MR) is 91.2 cm³/mol. The molecule has 1 aromatic heterocycles. The molecule has 122 valence electrons. The SMILES string of the molecule is Cc1cccc(OCCNC(=O)c2cc(C)n(C3CC3)c2C)c1. The second-order valence-electron chi connectivity index (χ2n) is 6.31. The van der Waals surface area contributed by atoms with Gasteiger partial charge in [0.2, 0.25) is 0 Å². The Morgan fingerprint density at radius 3 is 2.74 bits per heavy atom. The van der Waals surface area contributed by atoms with Gasteiger partial charge in [-0.1, -0.05) is 12.1 Å². The van der Waals surface area contributed by atoms with E-state index in [2.05, 4.69) is 16.8 Å². The van der Waals surface area contributed by atoms with Gasteiger partial charge in [-0.2, -0.15) is 0 Å². The highest BCUT2D eigenvalue weighted by atomic mass is 16.5. The highest BCUT2D eigenvalue weighted by Crippen LogP contribution is 2.38. The van der Waals surface area contributed by atoms with Crippen molar-refractivity contribution >= 4 is 5.91 Å². The molecule has 0 radical (unpaired) electrons. The number of aryl methyl sites for hydroxylation is 2. The second kappa shape index (κ2) is 6.49. The molecule has 1 aliphatic rings. The summed E-state index contributed by atoms with van der Waals surface area (Å²) in [5.41, 5.74) is 4.19. The van der Waals surface area contributed by atoms with E-state index >= 15 is 0 Å². The maximum atomic E-state index is 12.4. The molecule has 0 saturated heterocycles. The lowest BCUT2D eigenvalue weighted by molar-refractivity contribution is 0.0946. The fraction of sp³-hybridized carbons (Fsp3) is 0.421. The zero-order valence-electron chi connectivity index (χ0n) is 14.1. The molecule has 23 heavy (non-hydrogen) atoms. The first kappa shape index (κ1) is 15.7. The maximum absolute atomic E-state index is 12.4. The molecule has 1 heterocycles. The molecule has 1 aromatic carbocycles. The van der Waals surface area contributed by atoms with E-state index in [4.69, 9.17) is 4.74 Å². The molecule has 0 aliphatic heterocycles. The van der Waals surface area contributed by atoms with E-state index in [-0.39, 0.29) is 5.91 Å². The smallest absolute Gasteiger partial charge is 0.253 e. The fourth-order valence-electron chi connectivity index (χ4n) is 3.04. The van der Waals surface area contributed by atoms with Gasteiger partial charge in [0.1, 0.15) is 12.4 Å². The van der Waals surface area contributed by atoms with Gasteiger partial charge in [-0.25, -0.2) is 0 Å². The van der Waals surface area contributed by atoms with Crippen LogP contribution >= 0.6 is 0 Å². The Kier molecular flexibility index (Phi) is 4.42. The summed E-state index contributed by atoms with van der Waals surface area (Å²) in [7, 11) is 0. The maximum Gasteiger partial charge on any atom is 0.253 e. The van der Waals surface area contributed by atoms with E-state index < -0.39 is 0 Å². The molecule has 4 nitrogen and oxygen atoms in total. The molecule has 1 aliphatic carbocycles. The summed E-state index contributed by atoms with van der Waals surface area (Å²) in [6.07, 6.45) is 2.45. The van der Waals surface area contributed by atoms with E-state index in [1.807, 2.05) is 44.2 Å². The van der Waals surface area contributed by atoms with Gasteiger partial charge < -0.3 is 14.6 Å². The number of carbonyl (C=O) groups excluding carboxylic acids is 1. The summed E-state index contributed by atoms with van der Waals surface area (Å²) in [4.78, 5) is 12.4. The molecule has 1 saturated carbocycles. The van der Waals surface area contributed by atoms with Crippen LogP contribution < -0.4 is 10.1 Å². The molecule has 4 heteroatoms. The van der Waals surface area contributed by atoms with Crippen molar-refractivity contribution in [1.82, 2.24) is 9.88 Å². The third-order valence-corrected chi connectivity index (χ3v) is 4.29. The van der Waals surface area contributed by atoms with Crippen molar-refractivity contribution in [3.63, 3.8) is 0 Å². The summed E-state index contributed by atoms with van der Waals surface area (Å²) in [6.45, 7) is 7.10. The van der Waals surface area contributed by atoms with Crippen LogP contribution in [0.1, 0.15) is 46.2 Å². The molecule has 1 N–H and O–H groups in total. The van der Waals surface area contributed by atoms with Gasteiger partial charge in [0.15, 0.2) is 0 Å². The zero-order chi connectivity index (χ0) is 16.4. The fourth-order valence-corrected chi connectivity index (χ4v) is 3.04. The summed E-state index contributed by atoms with van der Waals surface area (Å²) in [5, 5.41) is 2.95. The number of rotatable bonds is 6. The van der Waals surface area contributed by atoms with Crippen LogP contribution in [-0.4, -0.2) is 23.6 Å². The largest absolute Gasteiger partial charge is 0.492 e. The van der Waals surface area contributed by atoms with Crippen molar-refractivity contribution in [3.05, 3.63) is 52.8 Å². The number of aromatic nitrogens is 1. The number of nitrogens with zero attached hydrogens (tertiary/aromatic N) is 1. The molecular formula is C19H24N2O2. The van der Waals surface area contributed by atoms with Crippen molar-refractivity contribution < 1.29 is 9.53 Å². The Morgan fingerprint density at radius 1 is 1.26 bits per heavy atom. The van der Waals surface area contributed by atoms with Crippen LogP contribution in [-0.2, 0) is 0 Å². The van der Waals surface area contributed by atoms with E-state index in [0.29, 0.717) is 19.2 Å². The van der Waals surface area contributed by atoms with Crippen LogP contribution in [0.2, 0.25) is 0 Å². The number of amides is 1. The first-order valence-electron chi connectivity index (χ1n) is 8.22. The van der Waals surface area contributed by atoms with Crippen LogP contribution in [0.25, 0.3) is 0 Å². The molecule has 3 rings (SSSR count). The third-order valence-electron chi connectivity index (χ3n) is 4.29. The van der Waals surface area contributed by atoms with Gasteiger partial charge in [0.25, 0.3) is 5.91 Å². The van der Waals surface area contributed by atoms with E-state index in [1.54, 1.807) is 0 Å². The Balaban J connectivity index is 1.53. The lowest BCUT2D eigenvalue weighted by Crippen LogP contribution is -2.28. The Labute approximate surface area is 137 Å². The summed E-state index contributed by atoms with van der Waals surface area (Å²) >= 11 is 0. The van der Waals surface area contributed by atoms with Gasteiger partial charge in [-0.05, 0) is 57.4 Å². The van der Waals surface area contributed by atoms with Gasteiger partial charge >= 0.3 is 0 Å². The summed E-state index contributed by atoms with van der Waals surface area (Å²) < 4.78 is 7.95. The highest BCUT2D eigenvalue weighted by molar-refractivity contribution is 5.95. The van der Waals surface area contributed by atoms with Crippen molar-refractivity contribution in [3.8, 4) is 5.75 Å². The molecule has 1 fully saturated rings. The number of carbonyl (C=O) groups is 1. The number of hydrogen-bond acceptors (Lipinski definition) is 2. The minimum atomic E-state index is -0.0159. The van der Waals surface area contributed by atoms with Gasteiger partial charge in [0.05, 0.1) is 12.1 Å². The zero-order valence-corrected chi connectivity index (χ0v) is 14.1. The van der Waals surface area contributed by atoms with Crippen LogP contribution in [0.5, 0.6) is 5.75 Å². The standard InChI is InChI=1S/C19H24N2O2/c1-13-5-4-6-17(11-13)23-10-9-20-19(22)18-12-14(2)21(15(18)3)16-7-8-16/h4-6,11-12,16H,7-10H2,1-3H3,(H,20,22). The Bertz CT molecular complexity index is 714. The lowest BCUT2D eigenvalue weighted by Gasteiger charge is -2.09. The quantitative estimate of drug-likeness (QED) is 0.829. The predicted octanol–water partition coefficient (Wildman–Crippen LogP) is 3.56. The van der Waals surface area contributed by atoms with Crippen LogP contribution in [0, 0.1) is 20.8 Å². The monoisotopic (exact) mass is 312 g/mol. The third kappa shape index (κ3) is 3.58. The van der Waals surface area contributed by atoms with Crippen molar-refractivity contribution in [2.75, 3.05) is 13.2 Å². The Hall–Kier alpha value is -2.23. The van der Waals surface area contributed by atoms with E-state index in [1.165, 1.54) is 24.1 Å². The molecule has 0 atom stereocenters. The topological polar surface area (TPSA) is 43.3 Å². The molecule has 1 amide bonds. The van der Waals surface area contributed by atoms with Crippen molar-refractivity contribution in [2.45, 2.75) is 39.7 Å². The van der Waals surface area contributed by atoms with E-state index in [0.717, 1.165) is 17.0 Å². The molecule has 0 unspecified atom stereocenters. The number of nitrogens with one attached hydrogen (secondary N) is 1. The van der Waals surface area contributed by atoms with Crippen molar-refractivity contribution in [1.29, 1.82) is 0 Å². The highest BCUT2D eigenvalue weighted by Gasteiger charge is 2.28. The van der Waals surface area contributed by atoms with Gasteiger partial charge in [-0.3, -0.25) is 4.79 Å². The number of ether oxygens (including phenoxy) is 1. The minimum absolute atomic E-state index is 0.0159. The average Bonchev–Trinajstić information content (AvgIpc) is 3.29. The summed E-state index contributed by atoms with van der Waals surface area (Å²) in [6, 6.07) is 10.5. The number of benzene rings is 1. The van der Waals surface area contributed by atoms with Crippen LogP contribution in [0.15, 0.2) is 30.3 Å². The Morgan fingerprint density at radius 2 is 2.04 bits per heavy atom. The number of hydrogen-bond donors (Lipinski definition) is 1. The van der Waals surface area contributed by atoms with Crippen molar-refractivity contribution in [2.24, 2.45) is 0 Å². The first-order chi connectivity index (χ1) is 11.1. The normalized spacial score (nSPS) is 13.9. The first-order valence-corrected chi connectivity index (χ1v) is 8.22. The van der Waals surface area contributed by atoms with Gasteiger partial charge in [-0.15, -0.1) is 0 Å². The molecule has 2 aromatic rings. The van der Waals surface area contributed by atoms with Gasteiger partial charge in [0, 0.05) is 17.4 Å². The molecule has 0 bridgehead atoms. The summed E-state index contributed by atoms with van der Waals surface area (Å²) in [5.74, 6) is 0.823. The average molecular weight is 312 g/mol. The lowest BCUT2D eigenvalue weighted by atomic mass is 10.2. The second-order valence-corrected chi connectivity index (χ2v) is 6.31. The molecule has 0 spiro atoms. The van der Waals surface area contributed by atoms with E-state index in [9.17, 15) is 4.79 Å². The van der Waals surface area contributed by atoms with Crippen LogP contribution in [0.3, 0.4) is 0 Å².